The molecule has 1 N–H and O–H groups in total. The largest absolute Gasteiger partial charge is 0.368 e. The van der Waals surface area contributed by atoms with Crippen molar-refractivity contribution >= 4 is 0 Å². The van der Waals surface area contributed by atoms with Crippen LogP contribution in [0.2, 0.25) is 0 Å². The van der Waals surface area contributed by atoms with Gasteiger partial charge in [-0.25, -0.2) is 0 Å². The molecule has 2 atom stereocenters. The molecule has 2 heterocycles. The second-order valence-corrected chi connectivity index (χ2v) is 7.08. The van der Waals surface area contributed by atoms with Crippen molar-refractivity contribution < 1.29 is 14.2 Å². The molecule has 0 saturated carbocycles. The lowest BCUT2D eigenvalue weighted by Crippen LogP contribution is -2.46. The zero-order valence-electron chi connectivity index (χ0n) is 12.5. The van der Waals surface area contributed by atoms with Crippen molar-refractivity contribution in [2.45, 2.75) is 77.1 Å². The Bertz CT molecular complexity index is 312. The summed E-state index contributed by atoms with van der Waals surface area (Å²) < 4.78 is 17.4. The van der Waals surface area contributed by atoms with Crippen molar-refractivity contribution in [3.8, 4) is 0 Å². The second-order valence-electron chi connectivity index (χ2n) is 7.08. The van der Waals surface area contributed by atoms with Gasteiger partial charge in [-0.05, 0) is 48.0 Å². The highest BCUT2D eigenvalue weighted by molar-refractivity contribution is 4.99. The highest BCUT2D eigenvalue weighted by Gasteiger charge is 2.46. The Hall–Kier alpha value is -0.160. The molecule has 0 spiro atoms. The van der Waals surface area contributed by atoms with E-state index in [1.165, 1.54) is 0 Å². The molecule has 2 rings (SSSR count). The molecule has 2 aliphatic rings. The van der Waals surface area contributed by atoms with Gasteiger partial charge in [-0.2, -0.15) is 0 Å². The van der Waals surface area contributed by atoms with E-state index in [1.807, 2.05) is 13.8 Å². The first-order valence-electron chi connectivity index (χ1n) is 6.85. The van der Waals surface area contributed by atoms with Gasteiger partial charge in [-0.15, -0.1) is 0 Å². The average Bonchev–Trinajstić information content (AvgIpc) is 2.59. The zero-order valence-corrected chi connectivity index (χ0v) is 12.5. The van der Waals surface area contributed by atoms with Gasteiger partial charge in [0.1, 0.15) is 0 Å². The van der Waals surface area contributed by atoms with E-state index in [-0.39, 0.29) is 17.3 Å². The molecule has 2 aliphatic heterocycles. The molecule has 0 amide bonds. The summed E-state index contributed by atoms with van der Waals surface area (Å²) in [5, 5.41) is 3.58. The third-order valence-electron chi connectivity index (χ3n) is 3.73. The molecule has 4 heteroatoms. The fourth-order valence-electron chi connectivity index (χ4n) is 3.02. The third kappa shape index (κ3) is 3.23. The van der Waals surface area contributed by atoms with E-state index in [2.05, 4.69) is 33.0 Å². The zero-order chi connectivity index (χ0) is 13.6. The molecule has 106 valence electrons. The maximum Gasteiger partial charge on any atom is 0.163 e. The molecule has 0 bridgehead atoms. The molecule has 2 saturated heterocycles. The van der Waals surface area contributed by atoms with E-state index < -0.39 is 5.79 Å². The third-order valence-corrected chi connectivity index (χ3v) is 3.73. The number of nitrogens with one attached hydrogen (secondary N) is 1. The summed E-state index contributed by atoms with van der Waals surface area (Å²) in [5.41, 5.74) is -0.175. The standard InChI is InChI=1S/C14H27NO3/c1-12(2)7-11(13(3,4)18-12)15-8-10-9-16-14(5,6)17-10/h10-11,15H,7-9H2,1-6H3. The Balaban J connectivity index is 1.84. The summed E-state index contributed by atoms with van der Waals surface area (Å²) in [6.45, 7) is 14.0. The SMILES string of the molecule is CC1(C)CC(NCC2COC(C)(C)O2)C(C)(C)O1. The summed E-state index contributed by atoms with van der Waals surface area (Å²) in [6.07, 6.45) is 1.16. The van der Waals surface area contributed by atoms with Crippen molar-refractivity contribution in [3.05, 3.63) is 0 Å². The molecule has 18 heavy (non-hydrogen) atoms. The van der Waals surface area contributed by atoms with Gasteiger partial charge in [0, 0.05) is 12.6 Å². The highest BCUT2D eigenvalue weighted by Crippen LogP contribution is 2.37. The van der Waals surface area contributed by atoms with Gasteiger partial charge < -0.3 is 19.5 Å². The first-order chi connectivity index (χ1) is 8.10. The van der Waals surface area contributed by atoms with Crippen LogP contribution in [0.15, 0.2) is 0 Å². The quantitative estimate of drug-likeness (QED) is 0.840. The van der Waals surface area contributed by atoms with Gasteiger partial charge in [-0.3, -0.25) is 0 Å². The molecular weight excluding hydrogens is 230 g/mol. The number of hydrogen-bond donors (Lipinski definition) is 1. The first kappa shape index (κ1) is 14.3. The van der Waals surface area contributed by atoms with Crippen LogP contribution >= 0.6 is 0 Å². The lowest BCUT2D eigenvalue weighted by atomic mass is 9.94. The summed E-state index contributed by atoms with van der Waals surface area (Å²) in [4.78, 5) is 0. The molecule has 0 radical (unpaired) electrons. The Morgan fingerprint density at radius 1 is 1.11 bits per heavy atom. The van der Waals surface area contributed by atoms with E-state index in [4.69, 9.17) is 14.2 Å². The first-order valence-corrected chi connectivity index (χ1v) is 6.85. The van der Waals surface area contributed by atoms with Crippen molar-refractivity contribution in [2.75, 3.05) is 13.2 Å². The Kier molecular flexibility index (Phi) is 3.52. The smallest absolute Gasteiger partial charge is 0.163 e. The molecule has 0 aromatic rings. The number of rotatable bonds is 3. The van der Waals surface area contributed by atoms with Crippen molar-refractivity contribution in [1.82, 2.24) is 5.32 Å². The Labute approximate surface area is 110 Å². The lowest BCUT2D eigenvalue weighted by molar-refractivity contribution is -0.138. The second kappa shape index (κ2) is 4.44. The monoisotopic (exact) mass is 257 g/mol. The molecular formula is C14H27NO3. The Morgan fingerprint density at radius 2 is 1.78 bits per heavy atom. The van der Waals surface area contributed by atoms with Crippen LogP contribution in [0, 0.1) is 0 Å². The summed E-state index contributed by atoms with van der Waals surface area (Å²) in [5.74, 6) is -0.437. The Morgan fingerprint density at radius 3 is 2.22 bits per heavy atom. The number of hydrogen-bond acceptors (Lipinski definition) is 4. The fourth-order valence-corrected chi connectivity index (χ4v) is 3.02. The summed E-state index contributed by atoms with van der Waals surface area (Å²) in [7, 11) is 0. The van der Waals surface area contributed by atoms with Gasteiger partial charge in [0.25, 0.3) is 0 Å². The normalized spacial score (nSPS) is 37.0. The molecule has 0 aromatic heterocycles. The van der Waals surface area contributed by atoms with E-state index in [9.17, 15) is 0 Å². The van der Waals surface area contributed by atoms with Crippen molar-refractivity contribution in [2.24, 2.45) is 0 Å². The molecule has 2 fully saturated rings. The van der Waals surface area contributed by atoms with E-state index >= 15 is 0 Å². The predicted octanol–water partition coefficient (Wildman–Crippen LogP) is 2.07. The minimum absolute atomic E-state index is 0.0481. The minimum Gasteiger partial charge on any atom is -0.368 e. The maximum atomic E-state index is 6.07. The van der Waals surface area contributed by atoms with E-state index in [0.717, 1.165) is 13.0 Å². The number of ether oxygens (including phenoxy) is 3. The van der Waals surface area contributed by atoms with E-state index in [0.29, 0.717) is 12.6 Å². The van der Waals surface area contributed by atoms with Crippen molar-refractivity contribution in [1.29, 1.82) is 0 Å². The fraction of sp³-hybridized carbons (Fsp3) is 1.00. The van der Waals surface area contributed by atoms with Gasteiger partial charge in [0.05, 0.1) is 23.9 Å². The van der Waals surface area contributed by atoms with Crippen LogP contribution < -0.4 is 5.32 Å². The lowest BCUT2D eigenvalue weighted by Gasteiger charge is -2.28. The predicted molar refractivity (Wildman–Crippen MR) is 70.6 cm³/mol. The summed E-state index contributed by atoms with van der Waals surface area (Å²) >= 11 is 0. The van der Waals surface area contributed by atoms with Crippen LogP contribution in [0.5, 0.6) is 0 Å². The minimum atomic E-state index is -0.437. The molecule has 0 aromatic carbocycles. The van der Waals surface area contributed by atoms with E-state index in [1.54, 1.807) is 0 Å². The van der Waals surface area contributed by atoms with Crippen LogP contribution in [0.3, 0.4) is 0 Å². The molecule has 2 unspecified atom stereocenters. The van der Waals surface area contributed by atoms with Crippen LogP contribution in [0.1, 0.15) is 48.0 Å². The topological polar surface area (TPSA) is 39.7 Å². The van der Waals surface area contributed by atoms with Crippen LogP contribution in [0.4, 0.5) is 0 Å². The van der Waals surface area contributed by atoms with Gasteiger partial charge in [0.2, 0.25) is 0 Å². The van der Waals surface area contributed by atoms with Gasteiger partial charge in [0.15, 0.2) is 5.79 Å². The van der Waals surface area contributed by atoms with Gasteiger partial charge in [-0.1, -0.05) is 0 Å². The van der Waals surface area contributed by atoms with Crippen LogP contribution in [-0.2, 0) is 14.2 Å². The van der Waals surface area contributed by atoms with Crippen LogP contribution in [0.25, 0.3) is 0 Å². The van der Waals surface area contributed by atoms with Crippen LogP contribution in [-0.4, -0.2) is 42.3 Å². The molecule has 0 aliphatic carbocycles. The van der Waals surface area contributed by atoms with Crippen molar-refractivity contribution in [3.63, 3.8) is 0 Å². The molecule has 4 nitrogen and oxygen atoms in total. The van der Waals surface area contributed by atoms with Gasteiger partial charge >= 0.3 is 0 Å². The summed E-state index contributed by atoms with van der Waals surface area (Å²) in [6, 6.07) is 0.361. The maximum absolute atomic E-state index is 6.07. The highest BCUT2D eigenvalue weighted by atomic mass is 16.7. The average molecular weight is 257 g/mol.